The van der Waals surface area contributed by atoms with E-state index in [1.54, 1.807) is 18.4 Å². The Labute approximate surface area is 138 Å². The number of hydrogen-bond acceptors (Lipinski definition) is 4. The van der Waals surface area contributed by atoms with Crippen molar-refractivity contribution in [1.29, 1.82) is 0 Å². The number of guanidine groups is 1. The Balaban J connectivity index is 2.24. The molecule has 5 nitrogen and oxygen atoms in total. The molecule has 1 unspecified atom stereocenters. The van der Waals surface area contributed by atoms with Crippen molar-refractivity contribution in [1.82, 2.24) is 15.6 Å². The minimum Gasteiger partial charge on any atom is -0.378 e. The Kier molecular flexibility index (Phi) is 9.08. The molecule has 2 N–H and O–H groups in total. The van der Waals surface area contributed by atoms with Gasteiger partial charge in [-0.3, -0.25) is 4.99 Å². The summed E-state index contributed by atoms with van der Waals surface area (Å²) >= 11 is 1.69. The molecule has 1 atom stereocenters. The molecule has 0 fully saturated rings. The zero-order valence-electron chi connectivity index (χ0n) is 14.5. The van der Waals surface area contributed by atoms with E-state index in [9.17, 15) is 0 Å². The van der Waals surface area contributed by atoms with E-state index in [0.29, 0.717) is 12.0 Å². The van der Waals surface area contributed by atoms with E-state index in [4.69, 9.17) is 4.74 Å². The van der Waals surface area contributed by atoms with Gasteiger partial charge in [0.1, 0.15) is 0 Å². The maximum Gasteiger partial charge on any atom is 0.190 e. The van der Waals surface area contributed by atoms with Crippen molar-refractivity contribution in [2.45, 2.75) is 46.6 Å². The second-order valence-corrected chi connectivity index (χ2v) is 6.62. The van der Waals surface area contributed by atoms with Crippen LogP contribution >= 0.6 is 11.3 Å². The molecule has 0 saturated carbocycles. The average Bonchev–Trinajstić information content (AvgIpc) is 2.90. The highest BCUT2D eigenvalue weighted by molar-refractivity contribution is 7.09. The van der Waals surface area contributed by atoms with Gasteiger partial charge in [-0.05, 0) is 26.2 Å². The molecule has 0 amide bonds. The highest BCUT2D eigenvalue weighted by atomic mass is 32.1. The largest absolute Gasteiger partial charge is 0.378 e. The molecule has 1 rings (SSSR count). The Morgan fingerprint density at radius 2 is 2.09 bits per heavy atom. The molecule has 1 heterocycles. The first kappa shape index (κ1) is 18.9. The average molecular weight is 327 g/mol. The lowest BCUT2D eigenvalue weighted by Crippen LogP contribution is -2.40. The molecule has 0 radical (unpaired) electrons. The summed E-state index contributed by atoms with van der Waals surface area (Å²) in [5.74, 6) is 1.37. The third-order valence-corrected chi connectivity index (χ3v) is 4.23. The number of aromatic nitrogens is 1. The second kappa shape index (κ2) is 10.6. The lowest BCUT2D eigenvalue weighted by atomic mass is 10.0. The summed E-state index contributed by atoms with van der Waals surface area (Å²) in [7, 11) is 1.80. The van der Waals surface area contributed by atoms with Crippen LogP contribution in [0.5, 0.6) is 0 Å². The standard InChI is InChI=1S/C16H30N4OS/c1-6-21-15(12(2)3)8-10-19-16(17-5)18-9-7-14-11-22-13(4)20-14/h11-12,15H,6-10H2,1-5H3,(H2,17,18,19). The fourth-order valence-electron chi connectivity index (χ4n) is 2.21. The van der Waals surface area contributed by atoms with Crippen LogP contribution in [0.4, 0.5) is 0 Å². The highest BCUT2D eigenvalue weighted by Crippen LogP contribution is 2.10. The first-order chi connectivity index (χ1) is 10.6. The molecule has 0 spiro atoms. The first-order valence-electron chi connectivity index (χ1n) is 8.03. The van der Waals surface area contributed by atoms with Crippen molar-refractivity contribution < 1.29 is 4.74 Å². The molecule has 22 heavy (non-hydrogen) atoms. The van der Waals surface area contributed by atoms with Crippen LogP contribution in [0.2, 0.25) is 0 Å². The maximum atomic E-state index is 5.75. The van der Waals surface area contributed by atoms with Crippen LogP contribution in [-0.4, -0.2) is 43.8 Å². The number of nitrogens with one attached hydrogen (secondary N) is 2. The molecule has 0 saturated heterocycles. The Morgan fingerprint density at radius 3 is 2.64 bits per heavy atom. The van der Waals surface area contributed by atoms with Gasteiger partial charge in [0.05, 0.1) is 16.8 Å². The van der Waals surface area contributed by atoms with Crippen molar-refractivity contribution in [3.63, 3.8) is 0 Å². The quantitative estimate of drug-likeness (QED) is 0.541. The van der Waals surface area contributed by atoms with Gasteiger partial charge in [0.25, 0.3) is 0 Å². The summed E-state index contributed by atoms with van der Waals surface area (Å²) in [6.07, 6.45) is 2.20. The fourth-order valence-corrected chi connectivity index (χ4v) is 2.86. The van der Waals surface area contributed by atoms with E-state index < -0.39 is 0 Å². The fraction of sp³-hybridized carbons (Fsp3) is 0.750. The van der Waals surface area contributed by atoms with E-state index in [2.05, 4.69) is 39.8 Å². The summed E-state index contributed by atoms with van der Waals surface area (Å²) in [6.45, 7) is 10.9. The van der Waals surface area contributed by atoms with Gasteiger partial charge in [-0.2, -0.15) is 0 Å². The minimum atomic E-state index is 0.300. The van der Waals surface area contributed by atoms with Crippen LogP contribution in [-0.2, 0) is 11.2 Å². The van der Waals surface area contributed by atoms with Gasteiger partial charge in [-0.25, -0.2) is 4.98 Å². The molecule has 6 heteroatoms. The molecular weight excluding hydrogens is 296 g/mol. The zero-order chi connectivity index (χ0) is 16.4. The Morgan fingerprint density at radius 1 is 1.36 bits per heavy atom. The summed E-state index contributed by atoms with van der Waals surface area (Å²) in [5, 5.41) is 9.90. The molecular formula is C16H30N4OS. The first-order valence-corrected chi connectivity index (χ1v) is 8.91. The lowest BCUT2D eigenvalue weighted by molar-refractivity contribution is 0.0258. The third-order valence-electron chi connectivity index (χ3n) is 3.41. The summed E-state index contributed by atoms with van der Waals surface area (Å²) in [5.41, 5.74) is 1.14. The van der Waals surface area contributed by atoms with Crippen LogP contribution in [0.25, 0.3) is 0 Å². The number of aryl methyl sites for hydroxylation is 1. The molecule has 0 aliphatic carbocycles. The van der Waals surface area contributed by atoms with E-state index in [-0.39, 0.29) is 0 Å². The predicted molar refractivity (Wildman–Crippen MR) is 94.8 cm³/mol. The van der Waals surface area contributed by atoms with E-state index in [1.165, 1.54) is 0 Å². The van der Waals surface area contributed by atoms with Gasteiger partial charge in [0, 0.05) is 38.5 Å². The summed E-state index contributed by atoms with van der Waals surface area (Å²) < 4.78 is 5.75. The van der Waals surface area contributed by atoms with Gasteiger partial charge in [-0.1, -0.05) is 13.8 Å². The van der Waals surface area contributed by atoms with Crippen LogP contribution in [0.3, 0.4) is 0 Å². The number of aliphatic imine (C=N–C) groups is 1. The van der Waals surface area contributed by atoms with Crippen LogP contribution < -0.4 is 10.6 Å². The molecule has 0 bridgehead atoms. The number of hydrogen-bond donors (Lipinski definition) is 2. The number of rotatable bonds is 9. The number of ether oxygens (including phenoxy) is 1. The molecule has 126 valence electrons. The number of thiazole rings is 1. The van der Waals surface area contributed by atoms with Gasteiger partial charge in [-0.15, -0.1) is 11.3 Å². The van der Waals surface area contributed by atoms with Crippen molar-refractivity contribution in [3.8, 4) is 0 Å². The number of nitrogens with zero attached hydrogens (tertiary/aromatic N) is 2. The van der Waals surface area contributed by atoms with Gasteiger partial charge < -0.3 is 15.4 Å². The smallest absolute Gasteiger partial charge is 0.190 e. The van der Waals surface area contributed by atoms with Gasteiger partial charge in [0.15, 0.2) is 5.96 Å². The molecule has 0 aromatic carbocycles. The predicted octanol–water partition coefficient (Wildman–Crippen LogP) is 2.61. The van der Waals surface area contributed by atoms with Crippen LogP contribution in [0.1, 0.15) is 37.9 Å². The Hall–Kier alpha value is -1.14. The van der Waals surface area contributed by atoms with Crippen molar-refractivity contribution >= 4 is 17.3 Å². The summed E-state index contributed by atoms with van der Waals surface area (Å²) in [6, 6.07) is 0. The van der Waals surface area contributed by atoms with E-state index in [0.717, 1.165) is 49.2 Å². The topological polar surface area (TPSA) is 58.5 Å². The van der Waals surface area contributed by atoms with Crippen LogP contribution in [0, 0.1) is 12.8 Å². The summed E-state index contributed by atoms with van der Waals surface area (Å²) in [4.78, 5) is 8.71. The van der Waals surface area contributed by atoms with Crippen molar-refractivity contribution in [2.75, 3.05) is 26.7 Å². The lowest BCUT2D eigenvalue weighted by Gasteiger charge is -2.21. The normalized spacial score (nSPS) is 13.5. The molecule has 1 aromatic rings. The highest BCUT2D eigenvalue weighted by Gasteiger charge is 2.12. The monoisotopic (exact) mass is 326 g/mol. The van der Waals surface area contributed by atoms with Crippen molar-refractivity contribution in [3.05, 3.63) is 16.1 Å². The molecule has 1 aromatic heterocycles. The Bertz CT molecular complexity index is 445. The maximum absolute atomic E-state index is 5.75. The van der Waals surface area contributed by atoms with Gasteiger partial charge in [0.2, 0.25) is 0 Å². The molecule has 0 aliphatic rings. The molecule has 0 aliphatic heterocycles. The van der Waals surface area contributed by atoms with Crippen molar-refractivity contribution in [2.24, 2.45) is 10.9 Å². The van der Waals surface area contributed by atoms with E-state index in [1.807, 2.05) is 13.8 Å². The van der Waals surface area contributed by atoms with Crippen LogP contribution in [0.15, 0.2) is 10.4 Å². The SMILES string of the molecule is CCOC(CCNC(=NC)NCCc1csc(C)n1)C(C)C. The zero-order valence-corrected chi connectivity index (χ0v) is 15.3. The second-order valence-electron chi connectivity index (χ2n) is 5.56. The van der Waals surface area contributed by atoms with E-state index >= 15 is 0 Å². The third kappa shape index (κ3) is 7.22. The minimum absolute atomic E-state index is 0.300. The van der Waals surface area contributed by atoms with Gasteiger partial charge >= 0.3 is 0 Å².